The number of anilines is 2. The van der Waals surface area contributed by atoms with Crippen LogP contribution in [0.1, 0.15) is 59.2 Å². The van der Waals surface area contributed by atoms with Gasteiger partial charge in [0, 0.05) is 5.69 Å². The molecule has 0 saturated heterocycles. The Morgan fingerprint density at radius 3 is 2.23 bits per heavy atom. The Bertz CT molecular complexity index is 1510. The highest BCUT2D eigenvalue weighted by molar-refractivity contribution is 8.00. The maximum Gasteiger partial charge on any atom is 0.245 e. The van der Waals surface area contributed by atoms with E-state index in [0.717, 1.165) is 54.7 Å². The van der Waals surface area contributed by atoms with E-state index in [1.54, 1.807) is 0 Å². The van der Waals surface area contributed by atoms with E-state index in [0.29, 0.717) is 22.9 Å². The molecule has 0 N–H and O–H groups in total. The van der Waals surface area contributed by atoms with E-state index in [1.165, 1.54) is 28.5 Å². The fraction of sp³-hybridized carbons (Fsp3) is 0.265. The van der Waals surface area contributed by atoms with Gasteiger partial charge in [-0.05, 0) is 84.9 Å². The molecule has 2 heterocycles. The zero-order chi connectivity index (χ0) is 26.8. The molecule has 5 heteroatoms. The van der Waals surface area contributed by atoms with Crippen molar-refractivity contribution >= 4 is 29.0 Å². The Balaban J connectivity index is 1.31. The van der Waals surface area contributed by atoms with Crippen LogP contribution in [0.2, 0.25) is 0 Å². The van der Waals surface area contributed by atoms with Gasteiger partial charge in [0.25, 0.3) is 0 Å². The van der Waals surface area contributed by atoms with Gasteiger partial charge < -0.3 is 0 Å². The number of aryl methyl sites for hydroxylation is 3. The number of nitrogens with zero attached hydrogens (tertiary/aromatic N) is 3. The first kappa shape index (κ1) is 25.4. The van der Waals surface area contributed by atoms with Crippen LogP contribution in [0.15, 0.2) is 90.0 Å². The maximum atomic E-state index is 14.3. The van der Waals surface area contributed by atoms with Crippen LogP contribution in [-0.2, 0) is 30.5 Å². The van der Waals surface area contributed by atoms with Crippen LogP contribution in [-0.4, -0.2) is 16.1 Å². The molecular formula is C34H31N3OS. The van der Waals surface area contributed by atoms with E-state index in [-0.39, 0.29) is 11.2 Å². The molecular weight excluding hydrogens is 498 g/mol. The Morgan fingerprint density at radius 1 is 0.949 bits per heavy atom. The average Bonchev–Trinajstić information content (AvgIpc) is 3.16. The Labute approximate surface area is 234 Å². The van der Waals surface area contributed by atoms with Gasteiger partial charge in [0.05, 0.1) is 22.2 Å². The summed E-state index contributed by atoms with van der Waals surface area (Å²) in [7, 11) is 0. The summed E-state index contributed by atoms with van der Waals surface area (Å²) in [5.74, 6) is 0.482. The van der Waals surface area contributed by atoms with E-state index in [4.69, 9.17) is 4.98 Å². The Morgan fingerprint density at radius 2 is 1.59 bits per heavy atom. The topological polar surface area (TPSA) is 57.0 Å². The SMILES string of the molecule is CCC(Sc1nc2c(cc1C#N)CC(c1ccccc1)CC2)C(=O)N1c2ccccc2CCc2ccccc21. The maximum absolute atomic E-state index is 14.3. The molecule has 194 valence electrons. The third-order valence-electron chi connectivity index (χ3n) is 7.99. The van der Waals surface area contributed by atoms with Crippen molar-refractivity contribution in [1.82, 2.24) is 4.98 Å². The van der Waals surface area contributed by atoms with Gasteiger partial charge in [-0.2, -0.15) is 5.26 Å². The Kier molecular flexibility index (Phi) is 7.22. The van der Waals surface area contributed by atoms with E-state index < -0.39 is 0 Å². The lowest BCUT2D eigenvalue weighted by atomic mass is 9.82. The second-order valence-electron chi connectivity index (χ2n) is 10.4. The molecule has 0 saturated carbocycles. The summed E-state index contributed by atoms with van der Waals surface area (Å²) in [5, 5.41) is 10.4. The van der Waals surface area contributed by atoms with Crippen LogP contribution in [0.25, 0.3) is 0 Å². The lowest BCUT2D eigenvalue weighted by Gasteiger charge is -2.29. The number of hydrogen-bond acceptors (Lipinski definition) is 4. The molecule has 3 aromatic carbocycles. The molecule has 1 aromatic heterocycles. The van der Waals surface area contributed by atoms with E-state index in [1.807, 2.05) is 60.4 Å². The number of fused-ring (bicyclic) bond motifs is 3. The molecule has 1 amide bonds. The van der Waals surface area contributed by atoms with Gasteiger partial charge in [0.2, 0.25) is 5.91 Å². The number of hydrogen-bond donors (Lipinski definition) is 0. The Hall–Kier alpha value is -3.88. The molecule has 2 atom stereocenters. The number of carbonyl (C=O) groups excluding carboxylic acids is 1. The highest BCUT2D eigenvalue weighted by Crippen LogP contribution is 2.40. The number of thioether (sulfide) groups is 1. The molecule has 0 bridgehead atoms. The monoisotopic (exact) mass is 529 g/mol. The number of carbonyl (C=O) groups is 1. The quantitative estimate of drug-likeness (QED) is 0.250. The summed E-state index contributed by atoms with van der Waals surface area (Å²) in [4.78, 5) is 21.2. The van der Waals surface area contributed by atoms with Gasteiger partial charge in [0.15, 0.2) is 0 Å². The predicted octanol–water partition coefficient (Wildman–Crippen LogP) is 7.56. The lowest BCUT2D eigenvalue weighted by Crippen LogP contribution is -2.34. The molecule has 2 unspecified atom stereocenters. The molecule has 0 spiro atoms. The zero-order valence-electron chi connectivity index (χ0n) is 22.1. The van der Waals surface area contributed by atoms with Crippen LogP contribution in [0.3, 0.4) is 0 Å². The highest BCUT2D eigenvalue weighted by atomic mass is 32.2. The normalized spacial score (nSPS) is 16.7. The molecule has 4 aromatic rings. The van der Waals surface area contributed by atoms with Crippen LogP contribution in [0.5, 0.6) is 0 Å². The lowest BCUT2D eigenvalue weighted by molar-refractivity contribution is -0.117. The third kappa shape index (κ3) is 4.97. The smallest absolute Gasteiger partial charge is 0.245 e. The molecule has 0 fully saturated rings. The number of aromatic nitrogens is 1. The minimum atomic E-state index is -0.359. The highest BCUT2D eigenvalue weighted by Gasteiger charge is 2.32. The summed E-state index contributed by atoms with van der Waals surface area (Å²) in [6, 6.07) is 31.4. The second kappa shape index (κ2) is 11.1. The molecule has 4 nitrogen and oxygen atoms in total. The summed E-state index contributed by atoms with van der Waals surface area (Å²) in [5.41, 5.74) is 8.40. The van der Waals surface area contributed by atoms with Crippen molar-refractivity contribution in [2.45, 2.75) is 61.6 Å². The van der Waals surface area contributed by atoms with Crippen LogP contribution < -0.4 is 4.90 Å². The number of amides is 1. The van der Waals surface area contributed by atoms with E-state index in [2.05, 4.69) is 42.5 Å². The fourth-order valence-corrected chi connectivity index (χ4v) is 6.97. The molecule has 39 heavy (non-hydrogen) atoms. The fourth-order valence-electron chi connectivity index (χ4n) is 5.93. The van der Waals surface area contributed by atoms with Crippen molar-refractivity contribution in [3.05, 3.63) is 118 Å². The molecule has 0 radical (unpaired) electrons. The average molecular weight is 530 g/mol. The standard InChI is InChI=1S/C34H31N3OS/c1-2-32(34(38)37-30-14-8-6-12-24(30)16-17-25-13-7-9-15-31(25)37)39-33-28(22-35)21-27-20-26(18-19-29(27)36-33)23-10-4-3-5-11-23/h3-15,21,26,32H,2,16-20H2,1H3. The van der Waals surface area contributed by atoms with Gasteiger partial charge in [-0.25, -0.2) is 4.98 Å². The van der Waals surface area contributed by atoms with E-state index >= 15 is 0 Å². The molecule has 6 rings (SSSR count). The first-order valence-corrected chi connectivity index (χ1v) is 14.7. The van der Waals surface area contributed by atoms with Crippen molar-refractivity contribution < 1.29 is 4.79 Å². The van der Waals surface area contributed by atoms with E-state index in [9.17, 15) is 10.1 Å². The van der Waals surface area contributed by atoms with Crippen LogP contribution in [0, 0.1) is 11.3 Å². The summed E-state index contributed by atoms with van der Waals surface area (Å²) in [6.45, 7) is 2.04. The van der Waals surface area contributed by atoms with Crippen LogP contribution >= 0.6 is 11.8 Å². The number of rotatable bonds is 5. The first-order chi connectivity index (χ1) is 19.2. The molecule has 1 aliphatic carbocycles. The number of nitriles is 1. The van der Waals surface area contributed by atoms with Crippen molar-refractivity contribution in [3.8, 4) is 6.07 Å². The van der Waals surface area contributed by atoms with Gasteiger partial charge in [-0.15, -0.1) is 0 Å². The summed E-state index contributed by atoms with van der Waals surface area (Å²) >= 11 is 1.44. The summed E-state index contributed by atoms with van der Waals surface area (Å²) in [6.07, 6.45) is 5.25. The predicted molar refractivity (Wildman–Crippen MR) is 158 cm³/mol. The van der Waals surface area contributed by atoms with Gasteiger partial charge in [-0.3, -0.25) is 9.69 Å². The van der Waals surface area contributed by atoms with Crippen LogP contribution in [0.4, 0.5) is 11.4 Å². The van der Waals surface area contributed by atoms with Crippen molar-refractivity contribution in [1.29, 1.82) is 5.26 Å². The van der Waals surface area contributed by atoms with Crippen molar-refractivity contribution in [3.63, 3.8) is 0 Å². The molecule has 2 aliphatic rings. The molecule has 1 aliphatic heterocycles. The van der Waals surface area contributed by atoms with Gasteiger partial charge in [-0.1, -0.05) is 85.4 Å². The second-order valence-corrected chi connectivity index (χ2v) is 11.5. The van der Waals surface area contributed by atoms with Gasteiger partial charge in [0.1, 0.15) is 11.1 Å². The number of pyridine rings is 1. The first-order valence-electron chi connectivity index (χ1n) is 13.8. The number of benzene rings is 3. The zero-order valence-corrected chi connectivity index (χ0v) is 23.0. The third-order valence-corrected chi connectivity index (χ3v) is 9.35. The van der Waals surface area contributed by atoms with Gasteiger partial charge >= 0.3 is 0 Å². The minimum Gasteiger partial charge on any atom is -0.280 e. The van der Waals surface area contributed by atoms with Crippen molar-refractivity contribution in [2.24, 2.45) is 0 Å². The minimum absolute atomic E-state index is 0.0388. The number of para-hydroxylation sites is 2. The van der Waals surface area contributed by atoms with Crippen molar-refractivity contribution in [2.75, 3.05) is 4.90 Å². The largest absolute Gasteiger partial charge is 0.280 e. The summed E-state index contributed by atoms with van der Waals surface area (Å²) < 4.78 is 0.